The molecular weight excluding hydrogens is 250 g/mol. The van der Waals surface area contributed by atoms with Crippen molar-refractivity contribution in [2.75, 3.05) is 19.6 Å². The summed E-state index contributed by atoms with van der Waals surface area (Å²) >= 11 is 0. The molecule has 0 aromatic carbocycles. The summed E-state index contributed by atoms with van der Waals surface area (Å²) in [7, 11) is 0. The van der Waals surface area contributed by atoms with Crippen LogP contribution in [-0.4, -0.2) is 30.5 Å². The van der Waals surface area contributed by atoms with Crippen LogP contribution in [0.2, 0.25) is 0 Å². The van der Waals surface area contributed by atoms with Crippen molar-refractivity contribution in [2.24, 2.45) is 5.41 Å². The molecule has 0 aliphatic carbocycles. The van der Waals surface area contributed by atoms with Crippen LogP contribution in [0.3, 0.4) is 0 Å². The van der Waals surface area contributed by atoms with Crippen molar-refractivity contribution >= 4 is 18.3 Å². The largest absolute Gasteiger partial charge is 0.365 e. The molecule has 1 aliphatic rings. The number of nitrogens with one attached hydrogen (secondary N) is 3. The fourth-order valence-electron chi connectivity index (χ4n) is 2.29. The third-order valence-electron chi connectivity index (χ3n) is 3.68. The van der Waals surface area contributed by atoms with E-state index in [2.05, 4.69) is 22.5 Å². The Morgan fingerprint density at radius 3 is 2.67 bits per heavy atom. The van der Waals surface area contributed by atoms with Crippen molar-refractivity contribution in [2.45, 2.75) is 26.7 Å². The number of H-pyrrole nitrogens is 1. The van der Waals surface area contributed by atoms with E-state index in [1.807, 2.05) is 13.0 Å². The van der Waals surface area contributed by atoms with E-state index >= 15 is 0 Å². The van der Waals surface area contributed by atoms with E-state index in [4.69, 9.17) is 0 Å². The summed E-state index contributed by atoms with van der Waals surface area (Å²) in [4.78, 5) is 15.0. The first-order valence-corrected chi connectivity index (χ1v) is 6.24. The summed E-state index contributed by atoms with van der Waals surface area (Å²) < 4.78 is 0. The van der Waals surface area contributed by atoms with Gasteiger partial charge in [-0.05, 0) is 44.3 Å². The van der Waals surface area contributed by atoms with Gasteiger partial charge in [-0.1, -0.05) is 6.92 Å². The van der Waals surface area contributed by atoms with E-state index in [9.17, 15) is 4.79 Å². The highest BCUT2D eigenvalue weighted by molar-refractivity contribution is 5.95. The van der Waals surface area contributed by atoms with Gasteiger partial charge in [0.15, 0.2) is 0 Å². The Bertz CT molecular complexity index is 397. The molecule has 0 radical (unpaired) electrons. The Morgan fingerprint density at radius 2 is 2.11 bits per heavy atom. The van der Waals surface area contributed by atoms with Gasteiger partial charge >= 0.3 is 0 Å². The van der Waals surface area contributed by atoms with Gasteiger partial charge in [0, 0.05) is 18.4 Å². The molecule has 0 spiro atoms. The number of rotatable bonds is 3. The fourth-order valence-corrected chi connectivity index (χ4v) is 2.29. The number of hydrogen-bond donors (Lipinski definition) is 3. The van der Waals surface area contributed by atoms with E-state index in [0.29, 0.717) is 0 Å². The molecule has 4 nitrogen and oxygen atoms in total. The average molecular weight is 272 g/mol. The topological polar surface area (TPSA) is 56.9 Å². The normalized spacial score (nSPS) is 17.9. The maximum atomic E-state index is 12.0. The van der Waals surface area contributed by atoms with Gasteiger partial charge in [-0.15, -0.1) is 12.4 Å². The molecule has 1 saturated heterocycles. The summed E-state index contributed by atoms with van der Waals surface area (Å²) in [5.74, 6) is 0.0310. The van der Waals surface area contributed by atoms with Crippen LogP contribution in [0.15, 0.2) is 12.3 Å². The summed E-state index contributed by atoms with van der Waals surface area (Å²) in [6.45, 7) is 7.03. The lowest BCUT2D eigenvalue weighted by Gasteiger charge is -2.34. The molecule has 102 valence electrons. The molecule has 2 heterocycles. The fraction of sp³-hybridized carbons (Fsp3) is 0.615. The molecule has 0 saturated carbocycles. The maximum absolute atomic E-state index is 12.0. The number of amides is 1. The average Bonchev–Trinajstić information content (AvgIpc) is 2.74. The van der Waals surface area contributed by atoms with Crippen LogP contribution in [0.4, 0.5) is 0 Å². The van der Waals surface area contributed by atoms with Gasteiger partial charge in [0.05, 0.1) is 5.56 Å². The second kappa shape index (κ2) is 6.25. The number of halogens is 1. The van der Waals surface area contributed by atoms with Gasteiger partial charge in [-0.3, -0.25) is 4.79 Å². The zero-order valence-electron chi connectivity index (χ0n) is 11.0. The van der Waals surface area contributed by atoms with Crippen LogP contribution >= 0.6 is 12.4 Å². The zero-order valence-corrected chi connectivity index (χ0v) is 11.8. The van der Waals surface area contributed by atoms with Crippen molar-refractivity contribution in [3.05, 3.63) is 23.5 Å². The van der Waals surface area contributed by atoms with Crippen molar-refractivity contribution < 1.29 is 4.79 Å². The monoisotopic (exact) mass is 271 g/mol. The lowest BCUT2D eigenvalue weighted by molar-refractivity contribution is 0.0922. The minimum atomic E-state index is 0. The predicted octanol–water partition coefficient (Wildman–Crippen LogP) is 1.86. The molecule has 0 bridgehead atoms. The summed E-state index contributed by atoms with van der Waals surface area (Å²) in [6, 6.07) is 1.83. The van der Waals surface area contributed by atoms with Crippen molar-refractivity contribution in [3.63, 3.8) is 0 Å². The molecule has 2 rings (SSSR count). The van der Waals surface area contributed by atoms with Gasteiger partial charge in [-0.2, -0.15) is 0 Å². The molecule has 5 heteroatoms. The first-order chi connectivity index (χ1) is 8.11. The summed E-state index contributed by atoms with van der Waals surface area (Å²) in [5, 5.41) is 6.40. The van der Waals surface area contributed by atoms with Gasteiger partial charge < -0.3 is 15.6 Å². The quantitative estimate of drug-likeness (QED) is 0.786. The Kier molecular flexibility index (Phi) is 5.23. The number of aryl methyl sites for hydroxylation is 1. The Labute approximate surface area is 114 Å². The summed E-state index contributed by atoms with van der Waals surface area (Å²) in [6.07, 6.45) is 4.05. The number of aromatic nitrogens is 1. The molecule has 1 aromatic rings. The van der Waals surface area contributed by atoms with Crippen LogP contribution in [-0.2, 0) is 0 Å². The SMILES string of the molecule is Cc1[nH]ccc1C(=O)NCC1(C)CCNCC1.Cl. The highest BCUT2D eigenvalue weighted by Crippen LogP contribution is 2.26. The number of carbonyl (C=O) groups is 1. The molecular formula is C13H22ClN3O. The molecule has 1 aromatic heterocycles. The minimum Gasteiger partial charge on any atom is -0.365 e. The molecule has 0 unspecified atom stereocenters. The Morgan fingerprint density at radius 1 is 1.44 bits per heavy atom. The molecule has 18 heavy (non-hydrogen) atoms. The van der Waals surface area contributed by atoms with Gasteiger partial charge in [0.1, 0.15) is 0 Å². The second-order valence-electron chi connectivity index (χ2n) is 5.26. The number of hydrogen-bond acceptors (Lipinski definition) is 2. The number of carbonyl (C=O) groups excluding carboxylic acids is 1. The van der Waals surface area contributed by atoms with E-state index in [1.54, 1.807) is 6.20 Å². The molecule has 1 amide bonds. The van der Waals surface area contributed by atoms with Crippen LogP contribution < -0.4 is 10.6 Å². The first-order valence-electron chi connectivity index (χ1n) is 6.24. The number of piperidine rings is 1. The third-order valence-corrected chi connectivity index (χ3v) is 3.68. The van der Waals surface area contributed by atoms with Crippen LogP contribution in [0, 0.1) is 12.3 Å². The smallest absolute Gasteiger partial charge is 0.253 e. The van der Waals surface area contributed by atoms with Crippen molar-refractivity contribution in [1.82, 2.24) is 15.6 Å². The highest BCUT2D eigenvalue weighted by Gasteiger charge is 2.27. The maximum Gasteiger partial charge on any atom is 0.253 e. The summed E-state index contributed by atoms with van der Waals surface area (Å²) in [5.41, 5.74) is 1.92. The van der Waals surface area contributed by atoms with Gasteiger partial charge in [0.25, 0.3) is 5.91 Å². The molecule has 3 N–H and O–H groups in total. The lowest BCUT2D eigenvalue weighted by Crippen LogP contribution is -2.42. The van der Waals surface area contributed by atoms with E-state index in [0.717, 1.165) is 43.7 Å². The van der Waals surface area contributed by atoms with Crippen molar-refractivity contribution in [3.8, 4) is 0 Å². The van der Waals surface area contributed by atoms with E-state index in [1.165, 1.54) is 0 Å². The highest BCUT2D eigenvalue weighted by atomic mass is 35.5. The molecule has 1 fully saturated rings. The Hall–Kier alpha value is -1.00. The second-order valence-corrected chi connectivity index (χ2v) is 5.26. The van der Waals surface area contributed by atoms with Crippen molar-refractivity contribution in [1.29, 1.82) is 0 Å². The third kappa shape index (κ3) is 3.50. The standard InChI is InChI=1S/C13H21N3O.ClH/c1-10-11(3-6-15-10)12(17)16-9-13(2)4-7-14-8-5-13;/h3,6,14-15H,4-5,7-9H2,1-2H3,(H,16,17);1H. The number of aromatic amines is 1. The predicted molar refractivity (Wildman–Crippen MR) is 75.3 cm³/mol. The minimum absolute atomic E-state index is 0. The zero-order chi connectivity index (χ0) is 12.3. The lowest BCUT2D eigenvalue weighted by atomic mass is 9.81. The van der Waals surface area contributed by atoms with Crippen LogP contribution in [0.1, 0.15) is 35.8 Å². The van der Waals surface area contributed by atoms with Gasteiger partial charge in [0.2, 0.25) is 0 Å². The van der Waals surface area contributed by atoms with Crippen LogP contribution in [0.25, 0.3) is 0 Å². The first kappa shape index (κ1) is 15.1. The van der Waals surface area contributed by atoms with E-state index < -0.39 is 0 Å². The van der Waals surface area contributed by atoms with Gasteiger partial charge in [-0.25, -0.2) is 0 Å². The van der Waals surface area contributed by atoms with E-state index in [-0.39, 0.29) is 23.7 Å². The van der Waals surface area contributed by atoms with Crippen LogP contribution in [0.5, 0.6) is 0 Å². The molecule has 0 atom stereocenters. The Balaban J connectivity index is 0.00000162. The molecule has 1 aliphatic heterocycles.